The van der Waals surface area contributed by atoms with Gasteiger partial charge in [-0.25, -0.2) is 0 Å². The minimum Gasteiger partial charge on any atom is -0.480 e. The number of carbonyl (C=O) groups is 1. The molecule has 0 saturated carbocycles. The molecule has 0 fully saturated rings. The van der Waals surface area contributed by atoms with Crippen LogP contribution in [0.2, 0.25) is 0 Å². The number of carboxylic acid groups (broad SMARTS) is 1. The predicted molar refractivity (Wildman–Crippen MR) is 51.4 cm³/mol. The summed E-state index contributed by atoms with van der Waals surface area (Å²) in [6.45, 7) is 0.380. The van der Waals surface area contributed by atoms with Crippen LogP contribution in [0.5, 0.6) is 0 Å². The Kier molecular flexibility index (Phi) is 3.55. The van der Waals surface area contributed by atoms with Gasteiger partial charge >= 0.3 is 5.97 Å². The van der Waals surface area contributed by atoms with Gasteiger partial charge in [0.1, 0.15) is 6.04 Å². The predicted octanol–water partition coefficient (Wildman–Crippen LogP) is -0.505. The van der Waals surface area contributed by atoms with E-state index in [9.17, 15) is 4.79 Å². The van der Waals surface area contributed by atoms with Crippen LogP contribution in [0.25, 0.3) is 0 Å². The molecule has 0 aromatic carbocycles. The molecular weight excluding hydrogens is 182 g/mol. The van der Waals surface area contributed by atoms with Crippen LogP contribution in [0, 0.1) is 0 Å². The molecule has 0 aliphatic carbocycles. The fourth-order valence-electron chi connectivity index (χ4n) is 1.04. The van der Waals surface area contributed by atoms with Crippen molar-refractivity contribution in [2.75, 3.05) is 0 Å². The lowest BCUT2D eigenvalue weighted by molar-refractivity contribution is -0.138. The van der Waals surface area contributed by atoms with E-state index in [1.807, 2.05) is 0 Å². The van der Waals surface area contributed by atoms with Crippen molar-refractivity contribution in [3.8, 4) is 0 Å². The topological polar surface area (TPSA) is 102 Å². The van der Waals surface area contributed by atoms with Crippen molar-refractivity contribution in [1.29, 1.82) is 0 Å². The van der Waals surface area contributed by atoms with Crippen LogP contribution in [0.15, 0.2) is 18.3 Å². The lowest BCUT2D eigenvalue weighted by Gasteiger charge is -2.05. The molecule has 5 N–H and O–H groups in total. The summed E-state index contributed by atoms with van der Waals surface area (Å²) in [7, 11) is 0. The average molecular weight is 195 g/mol. The van der Waals surface area contributed by atoms with Crippen LogP contribution in [-0.2, 0) is 17.8 Å². The van der Waals surface area contributed by atoms with Gasteiger partial charge in [0.25, 0.3) is 0 Å². The monoisotopic (exact) mass is 195 g/mol. The van der Waals surface area contributed by atoms with Crippen LogP contribution in [0.4, 0.5) is 0 Å². The minimum absolute atomic E-state index is 0.285. The highest BCUT2D eigenvalue weighted by molar-refractivity contribution is 5.73. The maximum absolute atomic E-state index is 10.5. The van der Waals surface area contributed by atoms with E-state index in [1.54, 1.807) is 18.3 Å². The number of carboxylic acids is 1. The third kappa shape index (κ3) is 2.79. The maximum Gasteiger partial charge on any atom is 0.320 e. The van der Waals surface area contributed by atoms with Crippen molar-refractivity contribution in [2.24, 2.45) is 11.5 Å². The van der Waals surface area contributed by atoms with Gasteiger partial charge in [0.15, 0.2) is 0 Å². The summed E-state index contributed by atoms with van der Waals surface area (Å²) in [5.41, 5.74) is 12.3. The zero-order chi connectivity index (χ0) is 10.6. The number of hydrogen-bond donors (Lipinski definition) is 3. The van der Waals surface area contributed by atoms with Crippen LogP contribution in [0.3, 0.4) is 0 Å². The van der Waals surface area contributed by atoms with E-state index in [1.165, 1.54) is 0 Å². The molecule has 5 heteroatoms. The molecule has 5 nitrogen and oxygen atoms in total. The van der Waals surface area contributed by atoms with Gasteiger partial charge in [-0.1, -0.05) is 6.07 Å². The molecule has 0 radical (unpaired) electrons. The van der Waals surface area contributed by atoms with Crippen molar-refractivity contribution >= 4 is 5.97 Å². The fourth-order valence-corrected chi connectivity index (χ4v) is 1.04. The zero-order valence-corrected chi connectivity index (χ0v) is 7.68. The Morgan fingerprint density at radius 2 is 2.29 bits per heavy atom. The molecule has 0 amide bonds. The number of aliphatic carboxylic acids is 1. The van der Waals surface area contributed by atoms with Gasteiger partial charge < -0.3 is 16.6 Å². The number of rotatable bonds is 4. The van der Waals surface area contributed by atoms with E-state index < -0.39 is 12.0 Å². The number of pyridine rings is 1. The first-order valence-corrected chi connectivity index (χ1v) is 4.25. The molecular formula is C9H13N3O2. The van der Waals surface area contributed by atoms with E-state index in [2.05, 4.69) is 4.98 Å². The van der Waals surface area contributed by atoms with Gasteiger partial charge in [-0.3, -0.25) is 9.78 Å². The number of hydrogen-bond acceptors (Lipinski definition) is 4. The van der Waals surface area contributed by atoms with Crippen LogP contribution in [0.1, 0.15) is 11.3 Å². The Morgan fingerprint density at radius 1 is 1.57 bits per heavy atom. The molecule has 1 atom stereocenters. The van der Waals surface area contributed by atoms with Gasteiger partial charge in [0.05, 0.1) is 5.69 Å². The smallest absolute Gasteiger partial charge is 0.320 e. The molecule has 14 heavy (non-hydrogen) atoms. The quantitative estimate of drug-likeness (QED) is 0.600. The van der Waals surface area contributed by atoms with Gasteiger partial charge in [-0.2, -0.15) is 0 Å². The SMILES string of the molecule is NCc1ccc(C[C@H](N)C(=O)O)cn1. The molecule has 0 spiro atoms. The van der Waals surface area contributed by atoms with E-state index in [0.717, 1.165) is 11.3 Å². The second kappa shape index (κ2) is 4.69. The Labute approximate surface area is 81.7 Å². The molecule has 0 saturated heterocycles. The number of aromatic nitrogens is 1. The molecule has 1 aromatic rings. The zero-order valence-electron chi connectivity index (χ0n) is 7.68. The summed E-state index contributed by atoms with van der Waals surface area (Å²) < 4.78 is 0. The van der Waals surface area contributed by atoms with Crippen molar-refractivity contribution in [1.82, 2.24) is 4.98 Å². The summed E-state index contributed by atoms with van der Waals surface area (Å²) in [6, 6.07) is 2.68. The van der Waals surface area contributed by atoms with Crippen molar-refractivity contribution in [2.45, 2.75) is 19.0 Å². The van der Waals surface area contributed by atoms with Crippen LogP contribution >= 0.6 is 0 Å². The first kappa shape index (κ1) is 10.6. The Hall–Kier alpha value is -1.46. The van der Waals surface area contributed by atoms with Crippen LogP contribution < -0.4 is 11.5 Å². The highest BCUT2D eigenvalue weighted by atomic mass is 16.4. The Bertz CT molecular complexity index is 310. The van der Waals surface area contributed by atoms with Gasteiger partial charge in [-0.15, -0.1) is 0 Å². The van der Waals surface area contributed by atoms with Crippen molar-refractivity contribution in [3.63, 3.8) is 0 Å². The summed E-state index contributed by atoms with van der Waals surface area (Å²) in [5.74, 6) is -1.01. The minimum atomic E-state index is -1.01. The summed E-state index contributed by atoms with van der Waals surface area (Å²) in [4.78, 5) is 14.5. The van der Waals surface area contributed by atoms with E-state index in [4.69, 9.17) is 16.6 Å². The maximum atomic E-state index is 10.5. The van der Waals surface area contributed by atoms with Gasteiger partial charge in [0.2, 0.25) is 0 Å². The van der Waals surface area contributed by atoms with Gasteiger partial charge in [-0.05, 0) is 18.1 Å². The van der Waals surface area contributed by atoms with Gasteiger partial charge in [0, 0.05) is 12.7 Å². The molecule has 1 aromatic heterocycles. The first-order valence-electron chi connectivity index (χ1n) is 4.25. The summed E-state index contributed by atoms with van der Waals surface area (Å²) in [6.07, 6.45) is 1.89. The molecule has 1 rings (SSSR count). The number of nitrogens with two attached hydrogens (primary N) is 2. The fraction of sp³-hybridized carbons (Fsp3) is 0.333. The average Bonchev–Trinajstić information content (AvgIpc) is 2.19. The van der Waals surface area contributed by atoms with Crippen molar-refractivity contribution < 1.29 is 9.90 Å². The second-order valence-corrected chi connectivity index (χ2v) is 3.01. The standard InChI is InChI=1S/C9H13N3O2/c10-4-7-2-1-6(5-12-7)3-8(11)9(13)14/h1-2,5,8H,3-4,10-11H2,(H,13,14)/t8-/m0/s1. The van der Waals surface area contributed by atoms with E-state index >= 15 is 0 Å². The molecule has 0 aliphatic rings. The summed E-state index contributed by atoms with van der Waals surface area (Å²) >= 11 is 0. The second-order valence-electron chi connectivity index (χ2n) is 3.01. The molecule has 1 heterocycles. The van der Waals surface area contributed by atoms with Crippen LogP contribution in [-0.4, -0.2) is 22.1 Å². The molecule has 76 valence electrons. The van der Waals surface area contributed by atoms with E-state index in [0.29, 0.717) is 6.54 Å². The molecule has 0 bridgehead atoms. The highest BCUT2D eigenvalue weighted by Gasteiger charge is 2.11. The Morgan fingerprint density at radius 3 is 2.71 bits per heavy atom. The normalized spacial score (nSPS) is 12.4. The largest absolute Gasteiger partial charge is 0.480 e. The highest BCUT2D eigenvalue weighted by Crippen LogP contribution is 2.02. The lowest BCUT2D eigenvalue weighted by Crippen LogP contribution is -2.32. The molecule has 0 unspecified atom stereocenters. The Balaban J connectivity index is 2.64. The lowest BCUT2D eigenvalue weighted by atomic mass is 10.1. The van der Waals surface area contributed by atoms with E-state index in [-0.39, 0.29) is 6.42 Å². The third-order valence-electron chi connectivity index (χ3n) is 1.87. The summed E-state index contributed by atoms with van der Waals surface area (Å²) in [5, 5.41) is 8.58. The third-order valence-corrected chi connectivity index (χ3v) is 1.87. The first-order chi connectivity index (χ1) is 6.63. The number of nitrogens with zero attached hydrogens (tertiary/aromatic N) is 1. The molecule has 0 aliphatic heterocycles. The van der Waals surface area contributed by atoms with Crippen molar-refractivity contribution in [3.05, 3.63) is 29.6 Å².